The largest absolute Gasteiger partial charge is 0.454 e. The number of ether oxygens (including phenoxy) is 2. The smallest absolute Gasteiger partial charge is 0.231 e. The number of benzene rings is 1. The Labute approximate surface area is 89.4 Å². The number of rotatable bonds is 0. The highest BCUT2D eigenvalue weighted by Crippen LogP contribution is 2.40. The standard InChI is InChI=1S/C12H15NO2/c1-12(2)4-3-8-5-10-11(15-7-14-10)6-9(8)13-12/h5-6,13H,3-4,7H2,1-2H3. The molecule has 0 fully saturated rings. The van der Waals surface area contributed by atoms with Crippen LogP contribution in [0.15, 0.2) is 12.1 Å². The van der Waals surface area contributed by atoms with E-state index in [0.717, 1.165) is 24.3 Å². The van der Waals surface area contributed by atoms with Crippen molar-refractivity contribution >= 4 is 5.69 Å². The van der Waals surface area contributed by atoms with Crippen molar-refractivity contribution in [3.63, 3.8) is 0 Å². The molecule has 2 heterocycles. The zero-order valence-corrected chi connectivity index (χ0v) is 9.09. The van der Waals surface area contributed by atoms with Gasteiger partial charge in [-0.15, -0.1) is 0 Å². The molecule has 0 unspecified atom stereocenters. The summed E-state index contributed by atoms with van der Waals surface area (Å²) in [6, 6.07) is 4.15. The van der Waals surface area contributed by atoms with Crippen molar-refractivity contribution in [3.8, 4) is 11.5 Å². The highest BCUT2D eigenvalue weighted by molar-refractivity contribution is 5.63. The summed E-state index contributed by atoms with van der Waals surface area (Å²) in [6.07, 6.45) is 2.26. The first-order valence-corrected chi connectivity index (χ1v) is 5.35. The van der Waals surface area contributed by atoms with Crippen molar-refractivity contribution in [2.24, 2.45) is 0 Å². The van der Waals surface area contributed by atoms with Crippen LogP contribution in [0.1, 0.15) is 25.8 Å². The number of aryl methyl sites for hydroxylation is 1. The van der Waals surface area contributed by atoms with Crippen LogP contribution in [0.5, 0.6) is 11.5 Å². The molecule has 0 amide bonds. The van der Waals surface area contributed by atoms with E-state index in [1.165, 1.54) is 11.3 Å². The first-order chi connectivity index (χ1) is 7.14. The van der Waals surface area contributed by atoms with Gasteiger partial charge < -0.3 is 14.8 Å². The van der Waals surface area contributed by atoms with E-state index >= 15 is 0 Å². The molecule has 1 aromatic carbocycles. The minimum Gasteiger partial charge on any atom is -0.454 e. The summed E-state index contributed by atoms with van der Waals surface area (Å²) in [4.78, 5) is 0. The maximum absolute atomic E-state index is 5.37. The third-order valence-electron chi connectivity index (χ3n) is 3.09. The van der Waals surface area contributed by atoms with Gasteiger partial charge in [0.15, 0.2) is 11.5 Å². The molecule has 0 radical (unpaired) electrons. The molecule has 0 spiro atoms. The van der Waals surface area contributed by atoms with Crippen LogP contribution < -0.4 is 14.8 Å². The van der Waals surface area contributed by atoms with Gasteiger partial charge in [0.1, 0.15) is 0 Å². The van der Waals surface area contributed by atoms with E-state index < -0.39 is 0 Å². The molecule has 3 rings (SSSR count). The Kier molecular flexibility index (Phi) is 1.67. The molecule has 2 aliphatic rings. The Morgan fingerprint density at radius 1 is 1.20 bits per heavy atom. The maximum Gasteiger partial charge on any atom is 0.231 e. The molecule has 0 bridgehead atoms. The lowest BCUT2D eigenvalue weighted by Crippen LogP contribution is -2.35. The number of nitrogens with one attached hydrogen (secondary N) is 1. The fourth-order valence-electron chi connectivity index (χ4n) is 2.18. The molecule has 0 aromatic heterocycles. The minimum absolute atomic E-state index is 0.181. The van der Waals surface area contributed by atoms with Crippen LogP contribution in [0, 0.1) is 0 Å². The summed E-state index contributed by atoms with van der Waals surface area (Å²) in [7, 11) is 0. The van der Waals surface area contributed by atoms with Crippen molar-refractivity contribution in [1.82, 2.24) is 0 Å². The summed E-state index contributed by atoms with van der Waals surface area (Å²) < 4.78 is 10.7. The molecule has 2 aliphatic heterocycles. The van der Waals surface area contributed by atoms with E-state index in [0.29, 0.717) is 6.79 Å². The lowest BCUT2D eigenvalue weighted by atomic mass is 9.89. The van der Waals surface area contributed by atoms with E-state index in [1.807, 2.05) is 0 Å². The predicted molar refractivity (Wildman–Crippen MR) is 58.6 cm³/mol. The molecule has 1 aromatic rings. The molecule has 1 N–H and O–H groups in total. The molecule has 80 valence electrons. The minimum atomic E-state index is 0.181. The summed E-state index contributed by atoms with van der Waals surface area (Å²) in [5, 5.41) is 3.53. The van der Waals surface area contributed by atoms with Gasteiger partial charge in [0.25, 0.3) is 0 Å². The van der Waals surface area contributed by atoms with Gasteiger partial charge in [0.05, 0.1) is 0 Å². The monoisotopic (exact) mass is 205 g/mol. The highest BCUT2D eigenvalue weighted by Gasteiger charge is 2.26. The molecule has 3 heteroatoms. The second kappa shape index (κ2) is 2.81. The number of anilines is 1. The van der Waals surface area contributed by atoms with Crippen molar-refractivity contribution in [2.45, 2.75) is 32.2 Å². The molecular formula is C12H15NO2. The molecular weight excluding hydrogens is 190 g/mol. The van der Waals surface area contributed by atoms with Gasteiger partial charge in [-0.3, -0.25) is 0 Å². The van der Waals surface area contributed by atoms with Gasteiger partial charge in [0, 0.05) is 17.3 Å². The van der Waals surface area contributed by atoms with E-state index in [-0.39, 0.29) is 5.54 Å². The average molecular weight is 205 g/mol. The van der Waals surface area contributed by atoms with Gasteiger partial charge >= 0.3 is 0 Å². The summed E-state index contributed by atoms with van der Waals surface area (Å²) >= 11 is 0. The second-order valence-electron chi connectivity index (χ2n) is 4.87. The van der Waals surface area contributed by atoms with Gasteiger partial charge in [-0.25, -0.2) is 0 Å². The van der Waals surface area contributed by atoms with E-state index in [9.17, 15) is 0 Å². The van der Waals surface area contributed by atoms with E-state index in [2.05, 4.69) is 31.3 Å². The Balaban J connectivity index is 2.04. The zero-order chi connectivity index (χ0) is 10.5. The number of fused-ring (bicyclic) bond motifs is 2. The topological polar surface area (TPSA) is 30.5 Å². The van der Waals surface area contributed by atoms with Crippen molar-refractivity contribution in [2.75, 3.05) is 12.1 Å². The fraction of sp³-hybridized carbons (Fsp3) is 0.500. The third-order valence-corrected chi connectivity index (χ3v) is 3.09. The van der Waals surface area contributed by atoms with Crippen LogP contribution >= 0.6 is 0 Å². The van der Waals surface area contributed by atoms with Crippen LogP contribution in [0.2, 0.25) is 0 Å². The highest BCUT2D eigenvalue weighted by atomic mass is 16.7. The van der Waals surface area contributed by atoms with Crippen LogP contribution in [-0.4, -0.2) is 12.3 Å². The Bertz CT molecular complexity index is 412. The number of hydrogen-bond acceptors (Lipinski definition) is 3. The maximum atomic E-state index is 5.37. The van der Waals surface area contributed by atoms with Crippen molar-refractivity contribution in [3.05, 3.63) is 17.7 Å². The molecule has 3 nitrogen and oxygen atoms in total. The Morgan fingerprint density at radius 3 is 2.73 bits per heavy atom. The quantitative estimate of drug-likeness (QED) is 0.706. The van der Waals surface area contributed by atoms with Gasteiger partial charge in [-0.1, -0.05) is 0 Å². The molecule has 0 aliphatic carbocycles. The van der Waals surface area contributed by atoms with Crippen molar-refractivity contribution < 1.29 is 9.47 Å². The van der Waals surface area contributed by atoms with Gasteiger partial charge in [-0.05, 0) is 38.3 Å². The van der Waals surface area contributed by atoms with Crippen molar-refractivity contribution in [1.29, 1.82) is 0 Å². The third kappa shape index (κ3) is 1.42. The number of hydrogen-bond donors (Lipinski definition) is 1. The molecule has 0 atom stereocenters. The predicted octanol–water partition coefficient (Wildman–Crippen LogP) is 2.55. The van der Waals surface area contributed by atoms with Gasteiger partial charge in [0.2, 0.25) is 6.79 Å². The van der Waals surface area contributed by atoms with E-state index in [4.69, 9.17) is 9.47 Å². The molecule has 15 heavy (non-hydrogen) atoms. The normalized spacial score (nSPS) is 20.7. The lowest BCUT2D eigenvalue weighted by molar-refractivity contribution is 0.174. The van der Waals surface area contributed by atoms with E-state index in [1.54, 1.807) is 0 Å². The lowest BCUT2D eigenvalue weighted by Gasteiger charge is -2.33. The summed E-state index contributed by atoms with van der Waals surface area (Å²) in [5.41, 5.74) is 2.70. The zero-order valence-electron chi connectivity index (χ0n) is 9.09. The van der Waals surface area contributed by atoms with Crippen LogP contribution in [0.3, 0.4) is 0 Å². The molecule has 0 saturated heterocycles. The molecule has 0 saturated carbocycles. The SMILES string of the molecule is CC1(C)CCc2cc3c(cc2N1)OCO3. The fourth-order valence-corrected chi connectivity index (χ4v) is 2.18. The average Bonchev–Trinajstić information content (AvgIpc) is 2.60. The summed E-state index contributed by atoms with van der Waals surface area (Å²) in [6.45, 7) is 4.79. The Hall–Kier alpha value is -1.38. The first kappa shape index (κ1) is 8.89. The summed E-state index contributed by atoms with van der Waals surface area (Å²) in [5.74, 6) is 1.74. The van der Waals surface area contributed by atoms with Crippen LogP contribution in [0.4, 0.5) is 5.69 Å². The second-order valence-corrected chi connectivity index (χ2v) is 4.87. The van der Waals surface area contributed by atoms with Crippen LogP contribution in [0.25, 0.3) is 0 Å². The van der Waals surface area contributed by atoms with Gasteiger partial charge in [-0.2, -0.15) is 0 Å². The Morgan fingerprint density at radius 2 is 1.93 bits per heavy atom. The van der Waals surface area contributed by atoms with Crippen LogP contribution in [-0.2, 0) is 6.42 Å². The first-order valence-electron chi connectivity index (χ1n) is 5.35.